The topological polar surface area (TPSA) is 47.4 Å². The molecule has 5 heteroatoms. The van der Waals surface area contributed by atoms with E-state index in [0.717, 1.165) is 18.3 Å². The fourth-order valence-electron chi connectivity index (χ4n) is 4.44. The fraction of sp³-hybridized carbons (Fsp3) is 0.600. The number of ether oxygens (including phenoxy) is 1. The van der Waals surface area contributed by atoms with Gasteiger partial charge >= 0.3 is 0 Å². The van der Waals surface area contributed by atoms with Crippen LogP contribution in [0.4, 0.5) is 0 Å². The molecule has 0 radical (unpaired) electrons. The molecule has 0 unspecified atom stereocenters. The van der Waals surface area contributed by atoms with E-state index in [9.17, 15) is 4.79 Å². The van der Waals surface area contributed by atoms with Crippen molar-refractivity contribution >= 4 is 10.9 Å². The largest absolute Gasteiger partial charge is 0.497 e. The smallest absolute Gasteiger partial charge is 0.261 e. The van der Waals surface area contributed by atoms with Gasteiger partial charge in [-0.25, -0.2) is 4.98 Å². The zero-order valence-electron chi connectivity index (χ0n) is 15.0. The van der Waals surface area contributed by atoms with Crippen molar-refractivity contribution in [3.05, 3.63) is 34.9 Å². The Balaban J connectivity index is 1.44. The van der Waals surface area contributed by atoms with Crippen LogP contribution >= 0.6 is 0 Å². The van der Waals surface area contributed by atoms with Crippen molar-refractivity contribution in [1.29, 1.82) is 0 Å². The van der Waals surface area contributed by atoms with Crippen LogP contribution in [0.5, 0.6) is 5.75 Å². The van der Waals surface area contributed by atoms with Crippen LogP contribution in [-0.2, 0) is 6.54 Å². The summed E-state index contributed by atoms with van der Waals surface area (Å²) < 4.78 is 7.01. The Labute approximate surface area is 148 Å². The van der Waals surface area contributed by atoms with E-state index in [1.165, 1.54) is 51.6 Å². The summed E-state index contributed by atoms with van der Waals surface area (Å²) in [5.74, 6) is 1.31. The summed E-state index contributed by atoms with van der Waals surface area (Å²) in [6, 6.07) is 6.29. The molecule has 1 saturated carbocycles. The lowest BCUT2D eigenvalue weighted by Gasteiger charge is -2.36. The highest BCUT2D eigenvalue weighted by Gasteiger charge is 2.27. The molecular formula is C20H27N3O2. The zero-order chi connectivity index (χ0) is 17.2. The predicted molar refractivity (Wildman–Crippen MR) is 99.1 cm³/mol. The summed E-state index contributed by atoms with van der Waals surface area (Å²) in [6.45, 7) is 3.15. The molecule has 1 aromatic heterocycles. The lowest BCUT2D eigenvalue weighted by molar-refractivity contribution is 0.127. The van der Waals surface area contributed by atoms with Crippen molar-refractivity contribution in [2.45, 2.75) is 51.1 Å². The number of fused-ring (bicyclic) bond motifs is 1. The second kappa shape index (κ2) is 7.16. The van der Waals surface area contributed by atoms with Gasteiger partial charge in [0.15, 0.2) is 0 Å². The number of likely N-dealkylation sites (tertiary alicyclic amines) is 1. The standard InChI is InChI=1S/C20H27N3O2/c1-25-17-6-7-18-19(12-17)21-14-23(20(18)24)13-15-8-10-22(11-9-15)16-4-2-3-5-16/h6-7,12,14-16H,2-5,8-11,13H2,1H3. The summed E-state index contributed by atoms with van der Waals surface area (Å²) >= 11 is 0. The summed E-state index contributed by atoms with van der Waals surface area (Å²) in [7, 11) is 1.63. The van der Waals surface area contributed by atoms with Crippen molar-refractivity contribution in [2.24, 2.45) is 5.92 Å². The third-order valence-electron chi connectivity index (χ3n) is 5.98. The van der Waals surface area contributed by atoms with Gasteiger partial charge in [-0.15, -0.1) is 0 Å². The maximum absolute atomic E-state index is 12.7. The molecule has 0 spiro atoms. The molecule has 0 N–H and O–H groups in total. The van der Waals surface area contributed by atoms with Crippen molar-refractivity contribution in [1.82, 2.24) is 14.5 Å². The number of hydrogen-bond acceptors (Lipinski definition) is 4. The van der Waals surface area contributed by atoms with E-state index in [1.54, 1.807) is 18.0 Å². The van der Waals surface area contributed by atoms with E-state index >= 15 is 0 Å². The van der Waals surface area contributed by atoms with E-state index in [4.69, 9.17) is 4.74 Å². The zero-order valence-corrected chi connectivity index (χ0v) is 15.0. The molecule has 25 heavy (non-hydrogen) atoms. The van der Waals surface area contributed by atoms with Crippen LogP contribution in [0.3, 0.4) is 0 Å². The first kappa shape index (κ1) is 16.6. The van der Waals surface area contributed by atoms with Gasteiger partial charge in [0.05, 0.1) is 24.3 Å². The maximum Gasteiger partial charge on any atom is 0.261 e. The monoisotopic (exact) mass is 341 g/mol. The minimum Gasteiger partial charge on any atom is -0.497 e. The molecule has 4 rings (SSSR count). The average Bonchev–Trinajstić information content (AvgIpc) is 3.19. The number of benzene rings is 1. The van der Waals surface area contributed by atoms with Crippen molar-refractivity contribution in [3.8, 4) is 5.75 Å². The van der Waals surface area contributed by atoms with Gasteiger partial charge in [0.25, 0.3) is 5.56 Å². The van der Waals surface area contributed by atoms with Gasteiger partial charge in [-0.05, 0) is 56.8 Å². The SMILES string of the molecule is COc1ccc2c(=O)n(CC3CCN(C4CCCC4)CC3)cnc2c1. The predicted octanol–water partition coefficient (Wildman–Crippen LogP) is 3.06. The third-order valence-corrected chi connectivity index (χ3v) is 5.98. The van der Waals surface area contributed by atoms with Crippen molar-refractivity contribution < 1.29 is 4.74 Å². The lowest BCUT2D eigenvalue weighted by Crippen LogP contribution is -2.41. The minimum absolute atomic E-state index is 0.0610. The average molecular weight is 341 g/mol. The number of hydrogen-bond donors (Lipinski definition) is 0. The summed E-state index contributed by atoms with van der Waals surface area (Å²) in [5, 5.41) is 0.673. The number of piperidine rings is 1. The molecule has 0 atom stereocenters. The molecule has 5 nitrogen and oxygen atoms in total. The maximum atomic E-state index is 12.7. The van der Waals surface area contributed by atoms with Crippen LogP contribution in [-0.4, -0.2) is 40.7 Å². The normalized spacial score (nSPS) is 20.4. The quantitative estimate of drug-likeness (QED) is 0.857. The molecule has 134 valence electrons. The van der Waals surface area contributed by atoms with Crippen LogP contribution < -0.4 is 10.3 Å². The Morgan fingerprint density at radius 2 is 1.92 bits per heavy atom. The summed E-state index contributed by atoms with van der Waals surface area (Å²) in [5.41, 5.74) is 0.766. The second-order valence-electron chi connectivity index (χ2n) is 7.50. The molecule has 0 bridgehead atoms. The first-order valence-electron chi connectivity index (χ1n) is 9.52. The molecule has 1 aromatic carbocycles. The highest BCUT2D eigenvalue weighted by Crippen LogP contribution is 2.28. The Morgan fingerprint density at radius 3 is 2.64 bits per heavy atom. The van der Waals surface area contributed by atoms with Gasteiger partial charge in [0.2, 0.25) is 0 Å². The highest BCUT2D eigenvalue weighted by molar-refractivity contribution is 5.78. The van der Waals surface area contributed by atoms with Crippen LogP contribution in [0.1, 0.15) is 38.5 Å². The molecule has 2 aromatic rings. The molecule has 2 heterocycles. The third kappa shape index (κ3) is 3.43. The Hall–Kier alpha value is -1.88. The summed E-state index contributed by atoms with van der Waals surface area (Å²) in [6.07, 6.45) is 9.62. The van der Waals surface area contributed by atoms with Gasteiger partial charge < -0.3 is 9.64 Å². The molecule has 1 saturated heterocycles. The van der Waals surface area contributed by atoms with Gasteiger partial charge in [-0.2, -0.15) is 0 Å². The van der Waals surface area contributed by atoms with Crippen molar-refractivity contribution in [3.63, 3.8) is 0 Å². The van der Waals surface area contributed by atoms with Crippen LogP contribution in [0.15, 0.2) is 29.3 Å². The number of methoxy groups -OCH3 is 1. The molecule has 1 aliphatic carbocycles. The van der Waals surface area contributed by atoms with E-state index in [1.807, 2.05) is 18.2 Å². The van der Waals surface area contributed by atoms with Gasteiger partial charge in [0.1, 0.15) is 5.75 Å². The van der Waals surface area contributed by atoms with E-state index in [2.05, 4.69) is 9.88 Å². The fourth-order valence-corrected chi connectivity index (χ4v) is 4.44. The molecule has 0 amide bonds. The van der Waals surface area contributed by atoms with E-state index in [-0.39, 0.29) is 5.56 Å². The Bertz CT molecular complexity index is 787. The van der Waals surface area contributed by atoms with E-state index < -0.39 is 0 Å². The molecular weight excluding hydrogens is 314 g/mol. The highest BCUT2D eigenvalue weighted by atomic mass is 16.5. The Kier molecular flexibility index (Phi) is 4.75. The first-order chi connectivity index (χ1) is 12.2. The molecule has 1 aliphatic heterocycles. The van der Waals surface area contributed by atoms with Gasteiger partial charge in [0, 0.05) is 18.7 Å². The first-order valence-corrected chi connectivity index (χ1v) is 9.52. The van der Waals surface area contributed by atoms with Crippen LogP contribution in [0.2, 0.25) is 0 Å². The number of nitrogens with zero attached hydrogens (tertiary/aromatic N) is 3. The van der Waals surface area contributed by atoms with Crippen LogP contribution in [0, 0.1) is 5.92 Å². The minimum atomic E-state index is 0.0610. The molecule has 2 fully saturated rings. The number of aromatic nitrogens is 2. The summed E-state index contributed by atoms with van der Waals surface area (Å²) in [4.78, 5) is 19.9. The molecule has 2 aliphatic rings. The lowest BCUT2D eigenvalue weighted by atomic mass is 9.95. The second-order valence-corrected chi connectivity index (χ2v) is 7.50. The van der Waals surface area contributed by atoms with E-state index in [0.29, 0.717) is 16.8 Å². The van der Waals surface area contributed by atoms with Crippen LogP contribution in [0.25, 0.3) is 10.9 Å². The van der Waals surface area contributed by atoms with Gasteiger partial charge in [-0.1, -0.05) is 12.8 Å². The Morgan fingerprint density at radius 1 is 1.16 bits per heavy atom. The van der Waals surface area contributed by atoms with Crippen molar-refractivity contribution in [2.75, 3.05) is 20.2 Å². The van der Waals surface area contributed by atoms with Gasteiger partial charge in [-0.3, -0.25) is 9.36 Å². The number of rotatable bonds is 4.